The van der Waals surface area contributed by atoms with Crippen LogP contribution >= 0.6 is 0 Å². The summed E-state index contributed by atoms with van der Waals surface area (Å²) in [4.78, 5) is 13.7. The van der Waals surface area contributed by atoms with Crippen LogP contribution in [0.1, 0.15) is 59.3 Å². The van der Waals surface area contributed by atoms with Crippen molar-refractivity contribution in [1.29, 1.82) is 0 Å². The third kappa shape index (κ3) is 4.37. The Balaban J connectivity index is 1.83. The Kier molecular flexibility index (Phi) is 4.95. The zero-order chi connectivity index (χ0) is 14.8. The van der Waals surface area contributed by atoms with Crippen molar-refractivity contribution in [2.75, 3.05) is 13.1 Å². The molecule has 2 atom stereocenters. The van der Waals surface area contributed by atoms with E-state index in [1.165, 1.54) is 32.1 Å². The Morgan fingerprint density at radius 1 is 1.20 bits per heavy atom. The molecule has 1 amide bonds. The van der Waals surface area contributed by atoms with E-state index in [2.05, 4.69) is 0 Å². The van der Waals surface area contributed by atoms with Crippen LogP contribution in [0, 0.1) is 11.8 Å². The van der Waals surface area contributed by atoms with E-state index < -0.39 is 5.60 Å². The molecule has 2 fully saturated rings. The highest BCUT2D eigenvalue weighted by molar-refractivity contribution is 5.68. The van der Waals surface area contributed by atoms with E-state index in [9.17, 15) is 9.90 Å². The van der Waals surface area contributed by atoms with E-state index in [4.69, 9.17) is 4.74 Å². The van der Waals surface area contributed by atoms with Crippen molar-refractivity contribution in [1.82, 2.24) is 4.90 Å². The summed E-state index contributed by atoms with van der Waals surface area (Å²) in [6.07, 6.45) is 6.96. The van der Waals surface area contributed by atoms with E-state index in [0.717, 1.165) is 12.3 Å². The smallest absolute Gasteiger partial charge is 0.410 e. The minimum Gasteiger partial charge on any atom is -0.444 e. The van der Waals surface area contributed by atoms with Gasteiger partial charge in [-0.3, -0.25) is 0 Å². The Labute approximate surface area is 122 Å². The van der Waals surface area contributed by atoms with Crippen LogP contribution in [0.5, 0.6) is 0 Å². The van der Waals surface area contributed by atoms with Crippen LogP contribution in [-0.2, 0) is 4.74 Å². The predicted octanol–water partition coefficient (Wildman–Crippen LogP) is 3.18. The van der Waals surface area contributed by atoms with Gasteiger partial charge >= 0.3 is 6.09 Å². The number of carbonyl (C=O) groups excluding carboxylic acids is 1. The van der Waals surface area contributed by atoms with E-state index in [1.807, 2.05) is 20.8 Å². The Morgan fingerprint density at radius 2 is 1.85 bits per heavy atom. The summed E-state index contributed by atoms with van der Waals surface area (Å²) in [5, 5.41) is 10.2. The van der Waals surface area contributed by atoms with Crippen LogP contribution in [0.25, 0.3) is 0 Å². The van der Waals surface area contributed by atoms with Crippen LogP contribution in [0.2, 0.25) is 0 Å². The molecule has 0 spiro atoms. The van der Waals surface area contributed by atoms with Gasteiger partial charge in [0.05, 0.1) is 12.6 Å². The van der Waals surface area contributed by atoms with Crippen molar-refractivity contribution < 1.29 is 14.6 Å². The van der Waals surface area contributed by atoms with E-state index in [-0.39, 0.29) is 18.1 Å². The summed E-state index contributed by atoms with van der Waals surface area (Å²) in [6, 6.07) is 0. The van der Waals surface area contributed by atoms with Gasteiger partial charge in [-0.1, -0.05) is 32.1 Å². The summed E-state index contributed by atoms with van der Waals surface area (Å²) in [7, 11) is 0. The molecule has 1 aliphatic heterocycles. The first kappa shape index (κ1) is 15.6. The first-order valence-electron chi connectivity index (χ1n) is 8.01. The topological polar surface area (TPSA) is 49.8 Å². The number of β-amino-alcohol motifs (C(OH)–C–C–N with tert-alkyl or cyclic N) is 1. The molecule has 0 aromatic heterocycles. The molecule has 0 bridgehead atoms. The van der Waals surface area contributed by atoms with Gasteiger partial charge < -0.3 is 14.7 Å². The average molecular weight is 283 g/mol. The Bertz CT molecular complexity index is 331. The van der Waals surface area contributed by atoms with Crippen LogP contribution in [0.4, 0.5) is 4.79 Å². The molecule has 1 aliphatic carbocycles. The maximum Gasteiger partial charge on any atom is 0.410 e. The van der Waals surface area contributed by atoms with Crippen molar-refractivity contribution in [3.8, 4) is 0 Å². The van der Waals surface area contributed by atoms with Gasteiger partial charge in [0.1, 0.15) is 5.60 Å². The van der Waals surface area contributed by atoms with Crippen LogP contribution in [0.15, 0.2) is 0 Å². The number of amides is 1. The fourth-order valence-electron chi connectivity index (χ4n) is 3.41. The van der Waals surface area contributed by atoms with Crippen molar-refractivity contribution in [2.24, 2.45) is 11.8 Å². The largest absolute Gasteiger partial charge is 0.444 e. The molecule has 0 aromatic carbocycles. The molecule has 2 rings (SSSR count). The van der Waals surface area contributed by atoms with Gasteiger partial charge in [-0.15, -0.1) is 0 Å². The number of ether oxygens (including phenoxy) is 1. The molecule has 4 nitrogen and oxygen atoms in total. The summed E-state index contributed by atoms with van der Waals surface area (Å²) >= 11 is 0. The van der Waals surface area contributed by atoms with Crippen molar-refractivity contribution in [2.45, 2.75) is 71.0 Å². The zero-order valence-electron chi connectivity index (χ0n) is 13.1. The second-order valence-corrected chi connectivity index (χ2v) is 7.45. The molecule has 2 aliphatic rings. The molecular weight excluding hydrogens is 254 g/mol. The van der Waals surface area contributed by atoms with Gasteiger partial charge in [-0.25, -0.2) is 4.79 Å². The summed E-state index contributed by atoms with van der Waals surface area (Å²) in [6.45, 7) is 6.68. The molecular formula is C16H29NO3. The summed E-state index contributed by atoms with van der Waals surface area (Å²) in [5.41, 5.74) is -0.469. The molecule has 1 N–H and O–H groups in total. The number of hydrogen-bond donors (Lipinski definition) is 1. The number of hydrogen-bond acceptors (Lipinski definition) is 3. The van der Waals surface area contributed by atoms with E-state index >= 15 is 0 Å². The maximum atomic E-state index is 12.0. The maximum absolute atomic E-state index is 12.0. The SMILES string of the molecule is CC(C)(C)OC(=O)N1C[C@@H](CC2CCCCC2)[C@H](O)C1. The highest BCUT2D eigenvalue weighted by atomic mass is 16.6. The average Bonchev–Trinajstić information content (AvgIpc) is 2.70. The number of nitrogens with zero attached hydrogens (tertiary/aromatic N) is 1. The quantitative estimate of drug-likeness (QED) is 0.846. The summed E-state index contributed by atoms with van der Waals surface area (Å²) < 4.78 is 5.38. The molecule has 0 aromatic rings. The number of carbonyl (C=O) groups is 1. The second-order valence-electron chi connectivity index (χ2n) is 7.45. The molecule has 4 heteroatoms. The van der Waals surface area contributed by atoms with Gasteiger partial charge in [0.25, 0.3) is 0 Å². The lowest BCUT2D eigenvalue weighted by atomic mass is 9.82. The van der Waals surface area contributed by atoms with Crippen LogP contribution < -0.4 is 0 Å². The van der Waals surface area contributed by atoms with Crippen molar-refractivity contribution in [3.05, 3.63) is 0 Å². The van der Waals surface area contributed by atoms with Gasteiger partial charge in [-0.05, 0) is 33.1 Å². The highest BCUT2D eigenvalue weighted by Crippen LogP contribution is 2.33. The van der Waals surface area contributed by atoms with Crippen molar-refractivity contribution in [3.63, 3.8) is 0 Å². The number of aliphatic hydroxyl groups excluding tert-OH is 1. The lowest BCUT2D eigenvalue weighted by Gasteiger charge is -2.26. The molecule has 1 saturated carbocycles. The number of rotatable bonds is 2. The van der Waals surface area contributed by atoms with Gasteiger partial charge in [0.2, 0.25) is 0 Å². The Morgan fingerprint density at radius 3 is 2.45 bits per heavy atom. The molecule has 1 heterocycles. The fourth-order valence-corrected chi connectivity index (χ4v) is 3.41. The molecule has 20 heavy (non-hydrogen) atoms. The highest BCUT2D eigenvalue weighted by Gasteiger charge is 2.37. The normalized spacial score (nSPS) is 28.7. The lowest BCUT2D eigenvalue weighted by molar-refractivity contribution is 0.0269. The first-order chi connectivity index (χ1) is 9.35. The number of aliphatic hydroxyl groups is 1. The van der Waals surface area contributed by atoms with E-state index in [0.29, 0.717) is 13.1 Å². The Hall–Kier alpha value is -0.770. The minimum atomic E-state index is -0.469. The van der Waals surface area contributed by atoms with Crippen LogP contribution in [0.3, 0.4) is 0 Å². The summed E-state index contributed by atoms with van der Waals surface area (Å²) in [5.74, 6) is 0.965. The van der Waals surface area contributed by atoms with Gasteiger partial charge in [0, 0.05) is 12.5 Å². The predicted molar refractivity (Wildman–Crippen MR) is 78.5 cm³/mol. The zero-order valence-corrected chi connectivity index (χ0v) is 13.1. The van der Waals surface area contributed by atoms with E-state index in [1.54, 1.807) is 4.90 Å². The third-order valence-corrected chi connectivity index (χ3v) is 4.42. The van der Waals surface area contributed by atoms with Gasteiger partial charge in [0.15, 0.2) is 0 Å². The molecule has 116 valence electrons. The molecule has 1 saturated heterocycles. The molecule has 0 radical (unpaired) electrons. The minimum absolute atomic E-state index is 0.227. The number of likely N-dealkylation sites (tertiary alicyclic amines) is 1. The molecule has 0 unspecified atom stereocenters. The van der Waals surface area contributed by atoms with Crippen LogP contribution in [-0.4, -0.2) is 40.9 Å². The lowest BCUT2D eigenvalue weighted by Crippen LogP contribution is -2.35. The standard InChI is InChI=1S/C16H29NO3/c1-16(2,3)20-15(19)17-10-13(14(18)11-17)9-12-7-5-4-6-8-12/h12-14,18H,4-11H2,1-3H3/t13-,14-/m1/s1. The first-order valence-corrected chi connectivity index (χ1v) is 8.01. The van der Waals surface area contributed by atoms with Crippen molar-refractivity contribution >= 4 is 6.09 Å². The monoisotopic (exact) mass is 283 g/mol. The fraction of sp³-hybridized carbons (Fsp3) is 0.938. The second kappa shape index (κ2) is 6.33. The third-order valence-electron chi connectivity index (χ3n) is 4.42. The van der Waals surface area contributed by atoms with Gasteiger partial charge in [-0.2, -0.15) is 0 Å².